The van der Waals surface area contributed by atoms with Gasteiger partial charge in [-0.3, -0.25) is 10.1 Å². The van der Waals surface area contributed by atoms with Crippen LogP contribution in [0.2, 0.25) is 0 Å². The van der Waals surface area contributed by atoms with Crippen molar-refractivity contribution < 1.29 is 14.3 Å². The van der Waals surface area contributed by atoms with E-state index in [2.05, 4.69) is 42.5 Å². The van der Waals surface area contributed by atoms with Crippen LogP contribution in [0.3, 0.4) is 0 Å². The van der Waals surface area contributed by atoms with Crippen LogP contribution in [-0.2, 0) is 11.4 Å². The highest BCUT2D eigenvalue weighted by atomic mass is 79.9. The number of imide groups is 1. The van der Waals surface area contributed by atoms with Gasteiger partial charge in [0.1, 0.15) is 18.1 Å². The maximum atomic E-state index is 11.6. The molecule has 0 unspecified atom stereocenters. The molecule has 128 valence electrons. The largest absolute Gasteiger partial charge is 0.487 e. The predicted octanol–water partition coefficient (Wildman–Crippen LogP) is 4.28. The van der Waals surface area contributed by atoms with E-state index < -0.39 is 11.9 Å². The molecule has 0 atom stereocenters. The van der Waals surface area contributed by atoms with E-state index in [1.165, 1.54) is 5.56 Å². The van der Waals surface area contributed by atoms with Gasteiger partial charge in [0.25, 0.3) is 5.91 Å². The Balaban J connectivity index is 1.78. The lowest BCUT2D eigenvalue weighted by Gasteiger charge is -2.12. The van der Waals surface area contributed by atoms with E-state index in [0.717, 1.165) is 20.1 Å². The Hall–Kier alpha value is -2.12. The van der Waals surface area contributed by atoms with E-state index in [4.69, 9.17) is 4.74 Å². The van der Waals surface area contributed by atoms with Crippen LogP contribution >= 0.6 is 31.9 Å². The van der Waals surface area contributed by atoms with Crippen LogP contribution in [0.5, 0.6) is 5.75 Å². The number of hydrogen-bond donors (Lipinski definition) is 2. The maximum absolute atomic E-state index is 11.6. The first-order chi connectivity index (χ1) is 11.9. The van der Waals surface area contributed by atoms with Crippen molar-refractivity contribution in [2.24, 2.45) is 0 Å². The van der Waals surface area contributed by atoms with Gasteiger partial charge in [-0.05, 0) is 68.1 Å². The molecule has 0 aliphatic carbocycles. The summed E-state index contributed by atoms with van der Waals surface area (Å²) < 4.78 is 7.38. The molecule has 0 spiro atoms. The van der Waals surface area contributed by atoms with E-state index >= 15 is 0 Å². The number of benzene rings is 2. The van der Waals surface area contributed by atoms with Gasteiger partial charge >= 0.3 is 6.03 Å². The van der Waals surface area contributed by atoms with Gasteiger partial charge < -0.3 is 10.1 Å². The number of carbonyl (C=O) groups excluding carboxylic acids is 2. The number of hydrogen-bond acceptors (Lipinski definition) is 3. The Labute approximate surface area is 161 Å². The van der Waals surface area contributed by atoms with E-state index in [9.17, 15) is 9.59 Å². The number of amides is 3. The summed E-state index contributed by atoms with van der Waals surface area (Å²) in [6.07, 6.45) is 1.60. The Morgan fingerprint density at radius 3 is 2.24 bits per heavy atom. The molecule has 2 aromatic carbocycles. The van der Waals surface area contributed by atoms with Crippen molar-refractivity contribution in [2.75, 3.05) is 0 Å². The number of carbonyl (C=O) groups is 2. The second kappa shape index (κ2) is 7.41. The minimum absolute atomic E-state index is 0.206. The Morgan fingerprint density at radius 2 is 1.68 bits per heavy atom. The van der Waals surface area contributed by atoms with Gasteiger partial charge in [-0.2, -0.15) is 0 Å². The summed E-state index contributed by atoms with van der Waals surface area (Å²) in [6.45, 7) is 2.48. The van der Waals surface area contributed by atoms with E-state index in [-0.39, 0.29) is 5.70 Å². The summed E-state index contributed by atoms with van der Waals surface area (Å²) in [5, 5.41) is 4.62. The molecule has 1 aliphatic heterocycles. The van der Waals surface area contributed by atoms with Gasteiger partial charge in [0.05, 0.1) is 8.95 Å². The summed E-state index contributed by atoms with van der Waals surface area (Å²) >= 11 is 6.97. The average Bonchev–Trinajstić information content (AvgIpc) is 2.86. The lowest BCUT2D eigenvalue weighted by Crippen LogP contribution is -2.22. The number of halogens is 2. The summed E-state index contributed by atoms with van der Waals surface area (Å²) in [5.74, 6) is 0.222. The zero-order valence-electron chi connectivity index (χ0n) is 13.2. The van der Waals surface area contributed by atoms with Gasteiger partial charge in [-0.1, -0.05) is 29.8 Å². The number of nitrogens with one attached hydrogen (secondary N) is 2. The normalized spacial score (nSPS) is 15.2. The van der Waals surface area contributed by atoms with E-state index in [0.29, 0.717) is 12.4 Å². The highest BCUT2D eigenvalue weighted by molar-refractivity contribution is 9.11. The van der Waals surface area contributed by atoms with Gasteiger partial charge in [-0.25, -0.2) is 4.79 Å². The van der Waals surface area contributed by atoms with Crippen LogP contribution in [0.15, 0.2) is 51.0 Å². The average molecular weight is 466 g/mol. The van der Waals surface area contributed by atoms with Crippen molar-refractivity contribution in [1.82, 2.24) is 10.6 Å². The van der Waals surface area contributed by atoms with Crippen molar-refractivity contribution in [3.8, 4) is 5.75 Å². The second-order valence-electron chi connectivity index (χ2n) is 5.55. The predicted molar refractivity (Wildman–Crippen MR) is 102 cm³/mol. The molecule has 7 heteroatoms. The summed E-state index contributed by atoms with van der Waals surface area (Å²) in [6, 6.07) is 11.2. The fraction of sp³-hybridized carbons (Fsp3) is 0.111. The Morgan fingerprint density at radius 1 is 1.04 bits per heavy atom. The van der Waals surface area contributed by atoms with Crippen molar-refractivity contribution in [3.05, 3.63) is 67.7 Å². The molecule has 5 nitrogen and oxygen atoms in total. The molecular formula is C18H14Br2N2O3. The highest BCUT2D eigenvalue weighted by Gasteiger charge is 2.23. The van der Waals surface area contributed by atoms with Crippen molar-refractivity contribution >= 4 is 49.9 Å². The van der Waals surface area contributed by atoms with Crippen LogP contribution in [0.1, 0.15) is 16.7 Å². The molecule has 1 aliphatic rings. The Kier molecular flexibility index (Phi) is 5.24. The molecule has 0 aromatic heterocycles. The highest BCUT2D eigenvalue weighted by Crippen LogP contribution is 2.36. The molecule has 2 aromatic rings. The first-order valence-electron chi connectivity index (χ1n) is 7.44. The van der Waals surface area contributed by atoms with Crippen LogP contribution in [0.4, 0.5) is 4.79 Å². The molecule has 0 saturated carbocycles. The number of aryl methyl sites for hydroxylation is 1. The fourth-order valence-electron chi connectivity index (χ4n) is 2.29. The van der Waals surface area contributed by atoms with Gasteiger partial charge in [0, 0.05) is 0 Å². The SMILES string of the molecule is Cc1ccc(COc2c(Br)cc(/C=C3/NC(=O)NC3=O)cc2Br)cc1. The molecule has 3 amide bonds. The molecule has 3 rings (SSSR count). The van der Waals surface area contributed by atoms with Crippen LogP contribution in [-0.4, -0.2) is 11.9 Å². The molecule has 1 heterocycles. The van der Waals surface area contributed by atoms with Crippen molar-refractivity contribution in [2.45, 2.75) is 13.5 Å². The monoisotopic (exact) mass is 464 g/mol. The third kappa shape index (κ3) is 4.29. The summed E-state index contributed by atoms with van der Waals surface area (Å²) in [4.78, 5) is 22.8. The first kappa shape index (κ1) is 17.7. The van der Waals surface area contributed by atoms with Gasteiger partial charge in [0.15, 0.2) is 0 Å². The third-order valence-electron chi connectivity index (χ3n) is 3.56. The number of rotatable bonds is 4. The lowest BCUT2D eigenvalue weighted by molar-refractivity contribution is -0.115. The lowest BCUT2D eigenvalue weighted by atomic mass is 10.1. The smallest absolute Gasteiger partial charge is 0.326 e. The van der Waals surface area contributed by atoms with Crippen LogP contribution in [0.25, 0.3) is 6.08 Å². The molecule has 25 heavy (non-hydrogen) atoms. The quantitative estimate of drug-likeness (QED) is 0.523. The Bertz CT molecular complexity index is 853. The zero-order valence-corrected chi connectivity index (χ0v) is 16.4. The van der Waals surface area contributed by atoms with Gasteiger partial charge in [0.2, 0.25) is 0 Å². The topological polar surface area (TPSA) is 67.4 Å². The molecule has 0 radical (unpaired) electrons. The van der Waals surface area contributed by atoms with Crippen LogP contribution in [0, 0.1) is 6.92 Å². The van der Waals surface area contributed by atoms with E-state index in [1.807, 2.05) is 43.3 Å². The molecule has 2 N–H and O–H groups in total. The van der Waals surface area contributed by atoms with Crippen LogP contribution < -0.4 is 15.4 Å². The number of ether oxygens (including phenoxy) is 1. The summed E-state index contributed by atoms with van der Waals surface area (Å²) in [7, 11) is 0. The zero-order chi connectivity index (χ0) is 18.0. The minimum atomic E-state index is -0.521. The number of urea groups is 1. The van der Waals surface area contributed by atoms with Crippen molar-refractivity contribution in [3.63, 3.8) is 0 Å². The molecular weight excluding hydrogens is 452 g/mol. The summed E-state index contributed by atoms with van der Waals surface area (Å²) in [5.41, 5.74) is 3.22. The van der Waals surface area contributed by atoms with Crippen molar-refractivity contribution in [1.29, 1.82) is 0 Å². The first-order valence-corrected chi connectivity index (χ1v) is 9.02. The maximum Gasteiger partial charge on any atom is 0.326 e. The fourth-order valence-corrected chi connectivity index (χ4v) is 3.74. The second-order valence-corrected chi connectivity index (χ2v) is 7.26. The van der Waals surface area contributed by atoms with Gasteiger partial charge in [-0.15, -0.1) is 0 Å². The molecule has 1 fully saturated rings. The minimum Gasteiger partial charge on any atom is -0.487 e. The standard InChI is InChI=1S/C18H14Br2N2O3/c1-10-2-4-11(5-3-10)9-25-16-13(19)6-12(7-14(16)20)8-15-17(23)22-18(24)21-15/h2-8H,9H2,1H3,(H2,21,22,23,24)/b15-8+. The van der Waals surface area contributed by atoms with E-state index in [1.54, 1.807) is 6.08 Å². The molecule has 1 saturated heterocycles. The third-order valence-corrected chi connectivity index (χ3v) is 4.73. The molecule has 0 bridgehead atoms.